The molecule has 102 valence electrons. The Balaban J connectivity index is 1.80. The Morgan fingerprint density at radius 2 is 2.11 bits per heavy atom. The molecule has 6 nitrogen and oxygen atoms in total. The third-order valence-corrected chi connectivity index (χ3v) is 4.03. The molecule has 1 aliphatic heterocycles. The van der Waals surface area contributed by atoms with Crippen LogP contribution in [0, 0.1) is 5.41 Å². The summed E-state index contributed by atoms with van der Waals surface area (Å²) in [5.74, 6) is -1.03. The third kappa shape index (κ3) is 2.49. The minimum absolute atomic E-state index is 0.0436. The standard InChI is InChI=1S/C12H20N2O4/c13-6-8-2-3-9(18-8)10(15)14-7-12(11(16)17)4-1-5-12/h8-9H,1-7,13H2,(H,14,15)(H,16,17). The molecule has 1 saturated carbocycles. The summed E-state index contributed by atoms with van der Waals surface area (Å²) >= 11 is 0. The van der Waals surface area contributed by atoms with Crippen molar-refractivity contribution in [2.75, 3.05) is 13.1 Å². The zero-order chi connectivity index (χ0) is 13.2. The number of hydrogen-bond donors (Lipinski definition) is 3. The molecule has 6 heteroatoms. The lowest BCUT2D eigenvalue weighted by molar-refractivity contribution is -0.154. The molecule has 0 aromatic heterocycles. The van der Waals surface area contributed by atoms with Gasteiger partial charge in [-0.25, -0.2) is 0 Å². The van der Waals surface area contributed by atoms with Crippen molar-refractivity contribution in [3.63, 3.8) is 0 Å². The summed E-state index contributed by atoms with van der Waals surface area (Å²) in [7, 11) is 0. The Morgan fingerprint density at radius 1 is 1.39 bits per heavy atom. The van der Waals surface area contributed by atoms with Crippen molar-refractivity contribution in [3.8, 4) is 0 Å². The Kier molecular flexibility index (Phi) is 3.87. The van der Waals surface area contributed by atoms with Crippen molar-refractivity contribution >= 4 is 11.9 Å². The lowest BCUT2D eigenvalue weighted by Gasteiger charge is -2.37. The number of hydrogen-bond acceptors (Lipinski definition) is 4. The van der Waals surface area contributed by atoms with E-state index in [1.54, 1.807) is 0 Å². The number of carbonyl (C=O) groups excluding carboxylic acids is 1. The first-order chi connectivity index (χ1) is 8.57. The van der Waals surface area contributed by atoms with Crippen LogP contribution in [-0.4, -0.2) is 42.3 Å². The second-order valence-electron chi connectivity index (χ2n) is 5.22. The van der Waals surface area contributed by atoms with E-state index < -0.39 is 17.5 Å². The van der Waals surface area contributed by atoms with Gasteiger partial charge in [0, 0.05) is 13.1 Å². The van der Waals surface area contributed by atoms with E-state index in [2.05, 4.69) is 5.32 Å². The van der Waals surface area contributed by atoms with Crippen molar-refractivity contribution in [2.45, 2.75) is 44.3 Å². The molecule has 1 amide bonds. The lowest BCUT2D eigenvalue weighted by atomic mass is 9.69. The second-order valence-corrected chi connectivity index (χ2v) is 5.22. The van der Waals surface area contributed by atoms with E-state index in [9.17, 15) is 9.59 Å². The largest absolute Gasteiger partial charge is 0.481 e. The van der Waals surface area contributed by atoms with Crippen LogP contribution < -0.4 is 11.1 Å². The predicted octanol–water partition coefficient (Wildman–Crippen LogP) is -0.136. The van der Waals surface area contributed by atoms with Gasteiger partial charge in [-0.1, -0.05) is 6.42 Å². The average molecular weight is 256 g/mol. The normalized spacial score (nSPS) is 29.6. The van der Waals surface area contributed by atoms with Crippen molar-refractivity contribution in [3.05, 3.63) is 0 Å². The molecular formula is C12H20N2O4. The molecule has 0 spiro atoms. The number of carboxylic acids is 1. The van der Waals surface area contributed by atoms with Gasteiger partial charge in [-0.2, -0.15) is 0 Å². The molecule has 1 saturated heterocycles. The Morgan fingerprint density at radius 3 is 2.56 bits per heavy atom. The summed E-state index contributed by atoms with van der Waals surface area (Å²) in [5, 5.41) is 11.9. The molecule has 18 heavy (non-hydrogen) atoms. The van der Waals surface area contributed by atoms with Gasteiger partial charge in [0.2, 0.25) is 5.91 Å². The highest BCUT2D eigenvalue weighted by molar-refractivity contribution is 5.82. The van der Waals surface area contributed by atoms with Gasteiger partial charge in [-0.3, -0.25) is 9.59 Å². The van der Waals surface area contributed by atoms with Gasteiger partial charge in [0.1, 0.15) is 6.10 Å². The first kappa shape index (κ1) is 13.3. The molecule has 1 aliphatic carbocycles. The van der Waals surface area contributed by atoms with Crippen LogP contribution in [0.25, 0.3) is 0 Å². The van der Waals surface area contributed by atoms with E-state index in [-0.39, 0.29) is 18.6 Å². The fraction of sp³-hybridized carbons (Fsp3) is 0.833. The number of carbonyl (C=O) groups is 2. The summed E-state index contributed by atoms with van der Waals surface area (Å²) in [4.78, 5) is 23.0. The van der Waals surface area contributed by atoms with Gasteiger partial charge >= 0.3 is 5.97 Å². The summed E-state index contributed by atoms with van der Waals surface area (Å²) in [6.07, 6.45) is 3.13. The fourth-order valence-electron chi connectivity index (χ4n) is 2.51. The molecule has 2 aliphatic rings. The maximum Gasteiger partial charge on any atom is 0.311 e. The van der Waals surface area contributed by atoms with Gasteiger partial charge in [-0.05, 0) is 25.7 Å². The van der Waals surface area contributed by atoms with E-state index in [1.807, 2.05) is 0 Å². The van der Waals surface area contributed by atoms with E-state index in [0.29, 0.717) is 25.8 Å². The van der Waals surface area contributed by atoms with Crippen LogP contribution >= 0.6 is 0 Å². The molecule has 0 aromatic carbocycles. The van der Waals surface area contributed by atoms with Gasteiger partial charge in [0.05, 0.1) is 11.5 Å². The summed E-state index contributed by atoms with van der Waals surface area (Å²) in [6.45, 7) is 0.622. The monoisotopic (exact) mass is 256 g/mol. The minimum atomic E-state index is -0.818. The second kappa shape index (κ2) is 5.24. The van der Waals surface area contributed by atoms with E-state index >= 15 is 0 Å². The minimum Gasteiger partial charge on any atom is -0.481 e. The number of aliphatic carboxylic acids is 1. The third-order valence-electron chi connectivity index (χ3n) is 4.03. The first-order valence-electron chi connectivity index (χ1n) is 6.44. The molecular weight excluding hydrogens is 236 g/mol. The zero-order valence-electron chi connectivity index (χ0n) is 10.4. The number of amides is 1. The van der Waals surface area contributed by atoms with Crippen LogP contribution in [0.5, 0.6) is 0 Å². The van der Waals surface area contributed by atoms with Gasteiger partial charge < -0.3 is 20.9 Å². The highest BCUT2D eigenvalue weighted by Crippen LogP contribution is 2.40. The fourth-order valence-corrected chi connectivity index (χ4v) is 2.51. The SMILES string of the molecule is NCC1CCC(C(=O)NCC2(C(=O)O)CCC2)O1. The van der Waals surface area contributed by atoms with Crippen molar-refractivity contribution in [1.29, 1.82) is 0 Å². The smallest absolute Gasteiger partial charge is 0.311 e. The van der Waals surface area contributed by atoms with Gasteiger partial charge in [0.15, 0.2) is 0 Å². The van der Waals surface area contributed by atoms with Crippen LogP contribution in [0.15, 0.2) is 0 Å². The van der Waals surface area contributed by atoms with Crippen LogP contribution in [0.4, 0.5) is 0 Å². The average Bonchev–Trinajstić information content (AvgIpc) is 2.75. The molecule has 4 N–H and O–H groups in total. The highest BCUT2D eigenvalue weighted by Gasteiger charge is 2.45. The summed E-state index contributed by atoms with van der Waals surface area (Å²) in [6, 6.07) is 0. The summed E-state index contributed by atoms with van der Waals surface area (Å²) in [5.41, 5.74) is 4.73. The van der Waals surface area contributed by atoms with E-state index in [4.69, 9.17) is 15.6 Å². The Bertz CT molecular complexity index is 341. The zero-order valence-corrected chi connectivity index (χ0v) is 10.4. The van der Waals surface area contributed by atoms with Crippen molar-refractivity contribution in [2.24, 2.45) is 11.1 Å². The number of nitrogens with one attached hydrogen (secondary N) is 1. The Labute approximate surface area is 106 Å². The Hall–Kier alpha value is -1.14. The number of rotatable bonds is 5. The van der Waals surface area contributed by atoms with Crippen LogP contribution in [0.1, 0.15) is 32.1 Å². The molecule has 2 unspecified atom stereocenters. The first-order valence-corrected chi connectivity index (χ1v) is 6.44. The van der Waals surface area contributed by atoms with E-state index in [0.717, 1.165) is 12.8 Å². The predicted molar refractivity (Wildman–Crippen MR) is 63.9 cm³/mol. The quantitative estimate of drug-likeness (QED) is 0.635. The van der Waals surface area contributed by atoms with Gasteiger partial charge in [0.25, 0.3) is 0 Å². The number of carboxylic acid groups (broad SMARTS) is 1. The molecule has 2 fully saturated rings. The maximum absolute atomic E-state index is 11.8. The van der Waals surface area contributed by atoms with Gasteiger partial charge in [-0.15, -0.1) is 0 Å². The highest BCUT2D eigenvalue weighted by atomic mass is 16.5. The van der Waals surface area contributed by atoms with Crippen LogP contribution in [-0.2, 0) is 14.3 Å². The van der Waals surface area contributed by atoms with Crippen LogP contribution in [0.3, 0.4) is 0 Å². The van der Waals surface area contributed by atoms with Crippen molar-refractivity contribution < 1.29 is 19.4 Å². The summed E-state index contributed by atoms with van der Waals surface area (Å²) < 4.78 is 5.47. The number of ether oxygens (including phenoxy) is 1. The molecule has 0 bridgehead atoms. The van der Waals surface area contributed by atoms with Crippen LogP contribution in [0.2, 0.25) is 0 Å². The van der Waals surface area contributed by atoms with Crippen molar-refractivity contribution in [1.82, 2.24) is 5.32 Å². The molecule has 0 aromatic rings. The topological polar surface area (TPSA) is 102 Å². The molecule has 0 radical (unpaired) electrons. The van der Waals surface area contributed by atoms with E-state index in [1.165, 1.54) is 0 Å². The molecule has 2 rings (SSSR count). The maximum atomic E-state index is 11.8. The number of nitrogens with two attached hydrogens (primary N) is 1. The lowest BCUT2D eigenvalue weighted by Crippen LogP contribution is -2.49. The molecule has 2 atom stereocenters. The molecule has 1 heterocycles.